The van der Waals surface area contributed by atoms with Gasteiger partial charge in [0.15, 0.2) is 0 Å². The molecule has 0 aliphatic heterocycles. The zero-order valence-electron chi connectivity index (χ0n) is 10.4. The molecule has 1 N–H and O–H groups in total. The van der Waals surface area contributed by atoms with Crippen molar-refractivity contribution in [3.05, 3.63) is 49.1 Å². The van der Waals surface area contributed by atoms with E-state index in [1.165, 1.54) is 12.8 Å². The lowest BCUT2D eigenvalue weighted by atomic mass is 10.2. The van der Waals surface area contributed by atoms with Gasteiger partial charge in [-0.05, 0) is 25.0 Å². The van der Waals surface area contributed by atoms with Gasteiger partial charge in [-0.2, -0.15) is 0 Å². The van der Waals surface area contributed by atoms with E-state index in [0.717, 1.165) is 11.4 Å². The van der Waals surface area contributed by atoms with Gasteiger partial charge in [0.2, 0.25) is 0 Å². The summed E-state index contributed by atoms with van der Waals surface area (Å²) in [6.07, 6.45) is 14.4. The second-order valence-corrected chi connectivity index (χ2v) is 4.07. The van der Waals surface area contributed by atoms with E-state index in [4.69, 9.17) is 9.90 Å². The number of carboxylic acid groups (broad SMARTS) is 1. The molecule has 1 aliphatic rings. The van der Waals surface area contributed by atoms with Crippen LogP contribution in [0.15, 0.2) is 49.1 Å². The monoisotopic (exact) mass is 257 g/mol. The van der Waals surface area contributed by atoms with E-state index in [-0.39, 0.29) is 6.47 Å². The number of allylic oxidation sites excluding steroid dienone is 2. The van der Waals surface area contributed by atoms with Crippen LogP contribution in [0.3, 0.4) is 0 Å². The molecule has 0 saturated heterocycles. The van der Waals surface area contributed by atoms with E-state index < -0.39 is 0 Å². The number of carbonyl (C=O) groups is 1. The zero-order valence-corrected chi connectivity index (χ0v) is 10.4. The number of rotatable bonds is 2. The second-order valence-electron chi connectivity index (χ2n) is 4.07. The van der Waals surface area contributed by atoms with Crippen molar-refractivity contribution in [2.24, 2.45) is 0 Å². The van der Waals surface area contributed by atoms with Gasteiger partial charge in [-0.15, -0.1) is 0 Å². The Bertz CT molecular complexity index is 549. The summed E-state index contributed by atoms with van der Waals surface area (Å²) in [6, 6.07) is 4.46. The fourth-order valence-electron chi connectivity index (χ4n) is 2.15. The first-order valence-corrected chi connectivity index (χ1v) is 6.04. The third kappa shape index (κ3) is 3.07. The normalized spacial score (nSPS) is 16.7. The quantitative estimate of drug-likeness (QED) is 0.663. The van der Waals surface area contributed by atoms with Gasteiger partial charge in [0.1, 0.15) is 5.82 Å². The number of imidazole rings is 1. The molecule has 0 aromatic carbocycles. The van der Waals surface area contributed by atoms with E-state index in [1.54, 1.807) is 12.4 Å². The number of nitrogens with zero attached hydrogens (tertiary/aromatic N) is 3. The van der Waals surface area contributed by atoms with Crippen molar-refractivity contribution in [1.82, 2.24) is 14.5 Å². The number of hydrogen-bond donors (Lipinski definition) is 1. The average molecular weight is 257 g/mol. The maximum atomic E-state index is 8.36. The first-order chi connectivity index (χ1) is 9.36. The molecule has 0 spiro atoms. The predicted molar refractivity (Wildman–Crippen MR) is 71.6 cm³/mol. The average Bonchev–Trinajstić information content (AvgIpc) is 3.11. The highest BCUT2D eigenvalue weighted by Crippen LogP contribution is 2.27. The Morgan fingerprint density at radius 2 is 2.05 bits per heavy atom. The first-order valence-electron chi connectivity index (χ1n) is 6.04. The zero-order chi connectivity index (χ0) is 13.5. The Hall–Kier alpha value is -2.43. The van der Waals surface area contributed by atoms with Gasteiger partial charge in [0.05, 0.1) is 6.04 Å². The minimum atomic E-state index is -0.250. The summed E-state index contributed by atoms with van der Waals surface area (Å²) >= 11 is 0. The topological polar surface area (TPSA) is 68.0 Å². The summed E-state index contributed by atoms with van der Waals surface area (Å²) in [6.45, 7) is -0.250. The molecule has 1 unspecified atom stereocenters. The standard InChI is InChI=1S/C13H13N3.CH2O2/c1-2-4-12(3-1)16-10-9-15-13(16)11-5-7-14-8-6-11;2-1-3/h1,3,5-10,12H,2,4H2;1H,(H,2,3). The molecular weight excluding hydrogens is 242 g/mol. The van der Waals surface area contributed by atoms with Gasteiger partial charge in [-0.1, -0.05) is 12.2 Å². The minimum Gasteiger partial charge on any atom is -0.483 e. The first kappa shape index (κ1) is 13.0. The van der Waals surface area contributed by atoms with E-state index in [2.05, 4.69) is 32.9 Å². The van der Waals surface area contributed by atoms with Crippen LogP contribution >= 0.6 is 0 Å². The molecule has 2 heterocycles. The van der Waals surface area contributed by atoms with Crippen LogP contribution in [-0.2, 0) is 4.79 Å². The van der Waals surface area contributed by atoms with Crippen LogP contribution in [0, 0.1) is 0 Å². The van der Waals surface area contributed by atoms with Crippen LogP contribution in [0.2, 0.25) is 0 Å². The van der Waals surface area contributed by atoms with Gasteiger partial charge in [0, 0.05) is 30.4 Å². The van der Waals surface area contributed by atoms with E-state index in [9.17, 15) is 0 Å². The highest BCUT2D eigenvalue weighted by Gasteiger charge is 2.15. The molecule has 0 amide bonds. The number of hydrogen-bond acceptors (Lipinski definition) is 3. The Balaban J connectivity index is 0.000000408. The molecule has 2 aromatic heterocycles. The molecule has 0 saturated carbocycles. The molecule has 19 heavy (non-hydrogen) atoms. The summed E-state index contributed by atoms with van der Waals surface area (Å²) < 4.78 is 2.23. The summed E-state index contributed by atoms with van der Waals surface area (Å²) in [5.41, 5.74) is 1.13. The van der Waals surface area contributed by atoms with Crippen LogP contribution in [0.25, 0.3) is 11.4 Å². The lowest BCUT2D eigenvalue weighted by Crippen LogP contribution is -2.04. The summed E-state index contributed by atoms with van der Waals surface area (Å²) in [5.74, 6) is 1.03. The molecule has 5 nitrogen and oxygen atoms in total. The van der Waals surface area contributed by atoms with Gasteiger partial charge in [-0.25, -0.2) is 4.98 Å². The fraction of sp³-hybridized carbons (Fsp3) is 0.214. The van der Waals surface area contributed by atoms with Gasteiger partial charge in [-0.3, -0.25) is 9.78 Å². The maximum absolute atomic E-state index is 8.36. The van der Waals surface area contributed by atoms with Gasteiger partial charge < -0.3 is 9.67 Å². The van der Waals surface area contributed by atoms with Crippen molar-refractivity contribution in [2.45, 2.75) is 18.9 Å². The lowest BCUT2D eigenvalue weighted by Gasteiger charge is -2.13. The number of pyridine rings is 1. The SMILES string of the molecule is C1=CC(n2ccnc2-c2ccncc2)CC1.O=CO. The summed E-state index contributed by atoms with van der Waals surface area (Å²) in [5, 5.41) is 6.89. The molecule has 1 aliphatic carbocycles. The van der Waals surface area contributed by atoms with Crippen molar-refractivity contribution in [3.8, 4) is 11.4 Å². The van der Waals surface area contributed by atoms with Crippen LogP contribution < -0.4 is 0 Å². The highest BCUT2D eigenvalue weighted by atomic mass is 16.3. The smallest absolute Gasteiger partial charge is 0.290 e. The predicted octanol–water partition coefficient (Wildman–Crippen LogP) is 2.54. The summed E-state index contributed by atoms with van der Waals surface area (Å²) in [4.78, 5) is 16.8. The van der Waals surface area contributed by atoms with Crippen molar-refractivity contribution in [2.75, 3.05) is 0 Å². The lowest BCUT2D eigenvalue weighted by molar-refractivity contribution is -0.122. The third-order valence-electron chi connectivity index (χ3n) is 2.95. The van der Waals surface area contributed by atoms with Crippen molar-refractivity contribution in [3.63, 3.8) is 0 Å². The van der Waals surface area contributed by atoms with Crippen LogP contribution in [0.1, 0.15) is 18.9 Å². The molecular formula is C14H15N3O2. The van der Waals surface area contributed by atoms with Crippen molar-refractivity contribution in [1.29, 1.82) is 0 Å². The highest BCUT2D eigenvalue weighted by molar-refractivity contribution is 5.54. The summed E-state index contributed by atoms with van der Waals surface area (Å²) in [7, 11) is 0. The molecule has 0 bridgehead atoms. The van der Waals surface area contributed by atoms with Crippen LogP contribution in [0.5, 0.6) is 0 Å². The fourth-order valence-corrected chi connectivity index (χ4v) is 2.15. The van der Waals surface area contributed by atoms with Crippen LogP contribution in [-0.4, -0.2) is 26.1 Å². The Morgan fingerprint density at radius 1 is 1.32 bits per heavy atom. The van der Waals surface area contributed by atoms with Gasteiger partial charge in [0.25, 0.3) is 6.47 Å². The number of aromatic nitrogens is 3. The minimum absolute atomic E-state index is 0.250. The molecule has 98 valence electrons. The Labute approximate surface area is 111 Å². The van der Waals surface area contributed by atoms with Gasteiger partial charge >= 0.3 is 0 Å². The molecule has 3 rings (SSSR count). The molecule has 0 radical (unpaired) electrons. The molecule has 1 atom stereocenters. The largest absolute Gasteiger partial charge is 0.483 e. The van der Waals surface area contributed by atoms with E-state index in [0.29, 0.717) is 6.04 Å². The van der Waals surface area contributed by atoms with Crippen molar-refractivity contribution >= 4 is 6.47 Å². The third-order valence-corrected chi connectivity index (χ3v) is 2.95. The molecule has 5 heteroatoms. The second kappa shape index (κ2) is 6.49. The van der Waals surface area contributed by atoms with Crippen LogP contribution in [0.4, 0.5) is 0 Å². The van der Waals surface area contributed by atoms with Crippen molar-refractivity contribution < 1.29 is 9.90 Å². The Kier molecular flexibility index (Phi) is 4.44. The van der Waals surface area contributed by atoms with E-state index in [1.807, 2.05) is 18.3 Å². The molecule has 2 aromatic rings. The van der Waals surface area contributed by atoms with E-state index >= 15 is 0 Å². The Morgan fingerprint density at radius 3 is 2.68 bits per heavy atom. The molecule has 0 fully saturated rings. The maximum Gasteiger partial charge on any atom is 0.290 e.